The predicted molar refractivity (Wildman–Crippen MR) is 100 cm³/mol. The topological polar surface area (TPSA) is 50.1 Å². The van der Waals surface area contributed by atoms with E-state index in [9.17, 15) is 0 Å². The van der Waals surface area contributed by atoms with Crippen LogP contribution in [0.5, 0.6) is 0 Å². The van der Waals surface area contributed by atoms with Crippen molar-refractivity contribution >= 4 is 22.9 Å². The van der Waals surface area contributed by atoms with Crippen molar-refractivity contribution in [1.29, 1.82) is 0 Å². The maximum absolute atomic E-state index is 4.50. The normalized spacial score (nSPS) is 16.1. The first-order valence-corrected chi connectivity index (χ1v) is 8.63. The molecule has 128 valence electrons. The summed E-state index contributed by atoms with van der Waals surface area (Å²) in [5.74, 6) is 0.998. The minimum Gasteiger partial charge on any atom is -0.353 e. The van der Waals surface area contributed by atoms with E-state index in [1.807, 2.05) is 19.3 Å². The summed E-state index contributed by atoms with van der Waals surface area (Å²) in [7, 11) is 1.91. The van der Waals surface area contributed by atoms with E-state index in [1.165, 1.54) is 5.56 Å². The average molecular weight is 334 g/mol. The number of fused-ring (bicyclic) bond motifs is 1. The Morgan fingerprint density at radius 2 is 1.84 bits per heavy atom. The van der Waals surface area contributed by atoms with Gasteiger partial charge in [-0.25, -0.2) is 9.97 Å². The van der Waals surface area contributed by atoms with E-state index in [4.69, 9.17) is 0 Å². The molecule has 0 radical (unpaired) electrons. The third-order valence-corrected chi connectivity index (χ3v) is 4.65. The summed E-state index contributed by atoms with van der Waals surface area (Å²) < 4.78 is 1.80. The highest BCUT2D eigenvalue weighted by Gasteiger charge is 2.20. The van der Waals surface area contributed by atoms with Gasteiger partial charge in [-0.05, 0) is 5.56 Å². The molecule has 1 aliphatic rings. The van der Waals surface area contributed by atoms with E-state index in [0.29, 0.717) is 0 Å². The van der Waals surface area contributed by atoms with Gasteiger partial charge < -0.3 is 4.90 Å². The third kappa shape index (κ3) is 3.39. The summed E-state index contributed by atoms with van der Waals surface area (Å²) in [6.45, 7) is 4.99. The zero-order valence-corrected chi connectivity index (χ0v) is 14.4. The van der Waals surface area contributed by atoms with Crippen LogP contribution in [0.15, 0.2) is 48.9 Å². The Hall–Kier alpha value is -2.73. The van der Waals surface area contributed by atoms with Crippen LogP contribution in [0, 0.1) is 0 Å². The van der Waals surface area contributed by atoms with Crippen molar-refractivity contribution in [3.05, 3.63) is 54.5 Å². The highest BCUT2D eigenvalue weighted by atomic mass is 15.3. The summed E-state index contributed by atoms with van der Waals surface area (Å²) in [6, 6.07) is 10.4. The van der Waals surface area contributed by atoms with Crippen LogP contribution < -0.4 is 4.90 Å². The Bertz CT molecular complexity index is 862. The van der Waals surface area contributed by atoms with Gasteiger partial charge in [0, 0.05) is 39.8 Å². The molecule has 0 N–H and O–H groups in total. The summed E-state index contributed by atoms with van der Waals surface area (Å²) in [5, 5.41) is 5.33. The molecular weight excluding hydrogens is 312 g/mol. The molecule has 2 aromatic heterocycles. The first kappa shape index (κ1) is 15.8. The van der Waals surface area contributed by atoms with Gasteiger partial charge in [0.1, 0.15) is 12.1 Å². The number of rotatable bonds is 4. The fraction of sp³-hybridized carbons (Fsp3) is 0.316. The van der Waals surface area contributed by atoms with Gasteiger partial charge in [-0.2, -0.15) is 5.10 Å². The van der Waals surface area contributed by atoms with Crippen molar-refractivity contribution < 1.29 is 0 Å². The zero-order valence-electron chi connectivity index (χ0n) is 14.4. The van der Waals surface area contributed by atoms with Gasteiger partial charge in [-0.3, -0.25) is 9.58 Å². The van der Waals surface area contributed by atoms with Crippen LogP contribution in [0.2, 0.25) is 0 Å². The van der Waals surface area contributed by atoms with Crippen molar-refractivity contribution in [1.82, 2.24) is 24.6 Å². The molecule has 6 heteroatoms. The van der Waals surface area contributed by atoms with E-state index in [0.717, 1.165) is 49.6 Å². The number of anilines is 1. The van der Waals surface area contributed by atoms with Crippen molar-refractivity contribution in [3.8, 4) is 0 Å². The molecule has 0 atom stereocenters. The summed E-state index contributed by atoms with van der Waals surface area (Å²) >= 11 is 0. The fourth-order valence-corrected chi connectivity index (χ4v) is 3.25. The van der Waals surface area contributed by atoms with Gasteiger partial charge in [-0.15, -0.1) is 0 Å². The number of aryl methyl sites for hydroxylation is 1. The maximum atomic E-state index is 4.50. The molecule has 4 rings (SSSR count). The molecule has 0 spiro atoms. The average Bonchev–Trinajstić information content (AvgIpc) is 3.05. The standard InChI is InChI=1S/C19H22N6/c1-23-18-17(14-22-23)19(21-15-20-18)25-12-10-24(11-13-25)9-5-8-16-6-3-2-4-7-16/h2-8,14-15H,9-13H2,1H3/b8-5+. The SMILES string of the molecule is Cn1ncc2c(N3CCN(C/C=C/c4ccccc4)CC3)ncnc21. The first-order valence-electron chi connectivity index (χ1n) is 8.63. The Morgan fingerprint density at radius 1 is 1.04 bits per heavy atom. The Balaban J connectivity index is 1.37. The van der Waals surface area contributed by atoms with Crippen LogP contribution in [0.4, 0.5) is 5.82 Å². The lowest BCUT2D eigenvalue weighted by molar-refractivity contribution is 0.284. The van der Waals surface area contributed by atoms with Crippen molar-refractivity contribution in [2.75, 3.05) is 37.6 Å². The van der Waals surface area contributed by atoms with E-state index >= 15 is 0 Å². The smallest absolute Gasteiger partial charge is 0.163 e. The molecule has 1 aromatic carbocycles. The monoisotopic (exact) mass is 334 g/mol. The van der Waals surface area contributed by atoms with Crippen LogP contribution in [0.25, 0.3) is 17.1 Å². The van der Waals surface area contributed by atoms with Gasteiger partial charge >= 0.3 is 0 Å². The fourth-order valence-electron chi connectivity index (χ4n) is 3.25. The number of aromatic nitrogens is 4. The zero-order chi connectivity index (χ0) is 17.1. The van der Waals surface area contributed by atoms with Crippen molar-refractivity contribution in [2.24, 2.45) is 7.05 Å². The van der Waals surface area contributed by atoms with Gasteiger partial charge in [0.15, 0.2) is 5.65 Å². The van der Waals surface area contributed by atoms with Crippen molar-refractivity contribution in [3.63, 3.8) is 0 Å². The molecule has 6 nitrogen and oxygen atoms in total. The molecule has 0 amide bonds. The molecular formula is C19H22N6. The predicted octanol–water partition coefficient (Wildman–Crippen LogP) is 2.20. The highest BCUT2D eigenvalue weighted by Crippen LogP contribution is 2.23. The minimum atomic E-state index is 0.887. The molecule has 1 fully saturated rings. The molecule has 3 aromatic rings. The van der Waals surface area contributed by atoms with E-state index in [1.54, 1.807) is 11.0 Å². The number of hydrogen-bond donors (Lipinski definition) is 0. The van der Waals surface area contributed by atoms with E-state index in [2.05, 4.69) is 61.3 Å². The van der Waals surface area contributed by atoms with Crippen LogP contribution in [0.3, 0.4) is 0 Å². The number of hydrogen-bond acceptors (Lipinski definition) is 5. The van der Waals surface area contributed by atoms with Gasteiger partial charge in [0.05, 0.1) is 11.6 Å². The first-order chi connectivity index (χ1) is 12.3. The van der Waals surface area contributed by atoms with Crippen LogP contribution in [0.1, 0.15) is 5.56 Å². The van der Waals surface area contributed by atoms with Gasteiger partial charge in [0.25, 0.3) is 0 Å². The van der Waals surface area contributed by atoms with Crippen LogP contribution in [-0.2, 0) is 7.05 Å². The second kappa shape index (κ2) is 7.03. The van der Waals surface area contributed by atoms with Crippen LogP contribution >= 0.6 is 0 Å². The molecule has 3 heterocycles. The largest absolute Gasteiger partial charge is 0.353 e. The molecule has 0 bridgehead atoms. The molecule has 1 aliphatic heterocycles. The molecule has 0 unspecified atom stereocenters. The second-order valence-corrected chi connectivity index (χ2v) is 6.30. The lowest BCUT2D eigenvalue weighted by Crippen LogP contribution is -2.46. The molecule has 0 saturated carbocycles. The summed E-state index contributed by atoms with van der Waals surface area (Å²) in [5.41, 5.74) is 2.14. The Morgan fingerprint density at radius 3 is 2.64 bits per heavy atom. The minimum absolute atomic E-state index is 0.887. The summed E-state index contributed by atoms with van der Waals surface area (Å²) in [6.07, 6.45) is 7.93. The van der Waals surface area contributed by atoms with Gasteiger partial charge in [-0.1, -0.05) is 42.5 Å². The lowest BCUT2D eigenvalue weighted by Gasteiger charge is -2.35. The molecule has 0 aliphatic carbocycles. The molecule has 1 saturated heterocycles. The lowest BCUT2D eigenvalue weighted by atomic mass is 10.2. The highest BCUT2D eigenvalue weighted by molar-refractivity contribution is 5.86. The molecule has 25 heavy (non-hydrogen) atoms. The Labute approximate surface area is 147 Å². The third-order valence-electron chi connectivity index (χ3n) is 4.65. The van der Waals surface area contributed by atoms with E-state index in [-0.39, 0.29) is 0 Å². The van der Waals surface area contributed by atoms with E-state index < -0.39 is 0 Å². The quantitative estimate of drug-likeness (QED) is 0.732. The maximum Gasteiger partial charge on any atom is 0.163 e. The summed E-state index contributed by atoms with van der Waals surface area (Å²) in [4.78, 5) is 13.6. The number of benzene rings is 1. The van der Waals surface area contributed by atoms with Crippen LogP contribution in [-0.4, -0.2) is 57.4 Å². The Kier molecular flexibility index (Phi) is 4.43. The van der Waals surface area contributed by atoms with Crippen molar-refractivity contribution in [2.45, 2.75) is 0 Å². The number of nitrogens with zero attached hydrogens (tertiary/aromatic N) is 6. The number of piperazine rings is 1. The van der Waals surface area contributed by atoms with Gasteiger partial charge in [0.2, 0.25) is 0 Å². The second-order valence-electron chi connectivity index (χ2n) is 6.30.